The Morgan fingerprint density at radius 3 is 2.11 bits per heavy atom. The van der Waals surface area contributed by atoms with E-state index in [2.05, 4.69) is 20.8 Å². The van der Waals surface area contributed by atoms with Gasteiger partial charge in [0.15, 0.2) is 5.79 Å². The highest BCUT2D eigenvalue weighted by atomic mass is 16.7. The first kappa shape index (κ1) is 33.2. The van der Waals surface area contributed by atoms with Gasteiger partial charge in [0.05, 0.1) is 36.0 Å². The molecule has 1 spiro atoms. The summed E-state index contributed by atoms with van der Waals surface area (Å²) in [7, 11) is 0. The second-order valence-electron chi connectivity index (χ2n) is 15.6. The molecule has 46 heavy (non-hydrogen) atoms. The minimum absolute atomic E-state index is 0.109. The van der Waals surface area contributed by atoms with E-state index < -0.39 is 17.0 Å². The summed E-state index contributed by atoms with van der Waals surface area (Å²) in [5.74, 6) is -0.600. The van der Waals surface area contributed by atoms with E-state index in [1.54, 1.807) is 12.1 Å². The predicted molar refractivity (Wildman–Crippen MR) is 176 cm³/mol. The maximum absolute atomic E-state index is 13.4. The summed E-state index contributed by atoms with van der Waals surface area (Å²) in [4.78, 5) is 26.4. The van der Waals surface area contributed by atoms with E-state index in [-0.39, 0.29) is 42.1 Å². The summed E-state index contributed by atoms with van der Waals surface area (Å²) in [5, 5.41) is 0. The molecule has 0 aromatic heterocycles. The van der Waals surface area contributed by atoms with Gasteiger partial charge >= 0.3 is 11.9 Å². The van der Waals surface area contributed by atoms with Crippen molar-refractivity contribution in [1.29, 1.82) is 0 Å². The number of carbonyl (C=O) groups excluding carboxylic acids is 2. The van der Waals surface area contributed by atoms with Crippen molar-refractivity contribution in [3.63, 3.8) is 0 Å². The van der Waals surface area contributed by atoms with Gasteiger partial charge in [-0.25, -0.2) is 9.59 Å². The number of fused-ring (bicyclic) bond motifs is 4. The van der Waals surface area contributed by atoms with Crippen LogP contribution in [0.1, 0.15) is 111 Å². The summed E-state index contributed by atoms with van der Waals surface area (Å²) in [6.45, 7) is 15.9. The molecule has 7 heteroatoms. The summed E-state index contributed by atoms with van der Waals surface area (Å²) in [6.07, 6.45) is 6.28. The molecule has 4 aliphatic rings. The topological polar surface area (TPSA) is 80.3 Å². The van der Waals surface area contributed by atoms with Crippen molar-refractivity contribution in [3.05, 3.63) is 70.8 Å². The maximum atomic E-state index is 13.4. The number of ether oxygens (including phenoxy) is 5. The molecule has 2 heterocycles. The van der Waals surface area contributed by atoms with Crippen LogP contribution >= 0.6 is 0 Å². The van der Waals surface area contributed by atoms with E-state index in [4.69, 9.17) is 23.7 Å². The first-order chi connectivity index (χ1) is 21.7. The Balaban J connectivity index is 1.27. The van der Waals surface area contributed by atoms with Crippen molar-refractivity contribution in [2.45, 2.75) is 117 Å². The lowest BCUT2D eigenvalue weighted by atomic mass is 9.43. The van der Waals surface area contributed by atoms with Crippen LogP contribution in [0, 0.1) is 36.5 Å². The van der Waals surface area contributed by atoms with Crippen molar-refractivity contribution >= 4 is 11.9 Å². The van der Waals surface area contributed by atoms with E-state index in [1.165, 1.54) is 0 Å². The van der Waals surface area contributed by atoms with Crippen molar-refractivity contribution in [2.24, 2.45) is 22.7 Å². The Hall–Kier alpha value is -2.74. The molecule has 2 saturated heterocycles. The summed E-state index contributed by atoms with van der Waals surface area (Å²) < 4.78 is 32.3. The van der Waals surface area contributed by atoms with Crippen LogP contribution in [0.15, 0.2) is 48.5 Å². The van der Waals surface area contributed by atoms with Crippen LogP contribution in [-0.4, -0.2) is 54.9 Å². The average Bonchev–Trinajstić information content (AvgIpc) is 3.41. The van der Waals surface area contributed by atoms with Crippen LogP contribution in [0.3, 0.4) is 0 Å². The van der Waals surface area contributed by atoms with Gasteiger partial charge in [0.25, 0.3) is 0 Å². The molecule has 2 aliphatic carbocycles. The molecule has 250 valence electrons. The van der Waals surface area contributed by atoms with Crippen LogP contribution in [0.2, 0.25) is 0 Å². The third kappa shape index (κ3) is 5.60. The molecule has 0 amide bonds. The lowest BCUT2D eigenvalue weighted by Gasteiger charge is -2.67. The Bertz CT molecular complexity index is 1470. The molecule has 2 aromatic carbocycles. The monoisotopic (exact) mass is 632 g/mol. The largest absolute Gasteiger partial charge is 0.462 e. The van der Waals surface area contributed by atoms with Gasteiger partial charge < -0.3 is 23.7 Å². The zero-order valence-electron chi connectivity index (χ0n) is 28.8. The minimum atomic E-state index is -0.775. The third-order valence-corrected chi connectivity index (χ3v) is 12.4. The van der Waals surface area contributed by atoms with Gasteiger partial charge in [-0.3, -0.25) is 0 Å². The molecule has 2 aromatic rings. The van der Waals surface area contributed by atoms with Gasteiger partial charge in [-0.2, -0.15) is 0 Å². The average molecular weight is 633 g/mol. The fraction of sp³-hybridized carbons (Fsp3) is 0.641. The number of carbonyl (C=O) groups is 2. The molecule has 2 saturated carbocycles. The molecular weight excluding hydrogens is 580 g/mol. The Kier molecular flexibility index (Phi) is 8.69. The number of rotatable bonds is 7. The molecule has 4 fully saturated rings. The molecule has 0 radical (unpaired) electrons. The van der Waals surface area contributed by atoms with Gasteiger partial charge in [0.1, 0.15) is 12.2 Å². The zero-order chi connectivity index (χ0) is 33.0. The molecule has 7 nitrogen and oxygen atoms in total. The van der Waals surface area contributed by atoms with Gasteiger partial charge in [0, 0.05) is 17.3 Å². The molecule has 7 atom stereocenters. The van der Waals surface area contributed by atoms with E-state index in [0.29, 0.717) is 36.0 Å². The fourth-order valence-electron chi connectivity index (χ4n) is 9.63. The van der Waals surface area contributed by atoms with Crippen molar-refractivity contribution in [1.82, 2.24) is 0 Å². The number of aryl methyl sites for hydroxylation is 2. The van der Waals surface area contributed by atoms with E-state index in [0.717, 1.165) is 49.7 Å². The van der Waals surface area contributed by atoms with Crippen LogP contribution in [0.4, 0.5) is 0 Å². The van der Waals surface area contributed by atoms with Crippen LogP contribution in [0.25, 0.3) is 0 Å². The van der Waals surface area contributed by atoms with Crippen molar-refractivity contribution in [2.75, 3.05) is 19.8 Å². The normalized spacial score (nSPS) is 36.5. The Morgan fingerprint density at radius 2 is 1.46 bits per heavy atom. The van der Waals surface area contributed by atoms with Crippen molar-refractivity contribution in [3.8, 4) is 0 Å². The van der Waals surface area contributed by atoms with Crippen molar-refractivity contribution < 1.29 is 33.3 Å². The van der Waals surface area contributed by atoms with Gasteiger partial charge in [-0.15, -0.1) is 0 Å². The SMILES string of the molecule is Cc1ccccc1C(=O)OCC[C@@]1(COC(=O)c2ccccc2C)CC[C@@]2(O1)[C@H](C)CC[C@H]1[C@]3(C)COC(C)(C)O[C@@H]3CC[C@@]12C. The number of esters is 2. The highest BCUT2D eigenvalue weighted by Gasteiger charge is 2.70. The zero-order valence-corrected chi connectivity index (χ0v) is 28.8. The van der Waals surface area contributed by atoms with Crippen LogP contribution in [0.5, 0.6) is 0 Å². The third-order valence-electron chi connectivity index (χ3n) is 12.4. The van der Waals surface area contributed by atoms with Gasteiger partial charge in [-0.05, 0) is 101 Å². The second-order valence-corrected chi connectivity index (χ2v) is 15.6. The standard InChI is InChI=1S/C39H52O7/c1-26-12-8-10-14-29(26)33(40)42-23-22-38(25-43-34(41)30-15-11-9-13-27(30)2)20-21-39(46-38)28(3)16-17-31-36(6)24-44-35(4,5)45-32(36)18-19-37(31,39)7/h8-15,28,31-32H,16-25H2,1-7H3/t28-,31+,32-,36+,37+,38-,39-/m1/s1. The molecule has 0 bridgehead atoms. The highest BCUT2D eigenvalue weighted by Crippen LogP contribution is 2.69. The second kappa shape index (κ2) is 12.1. The smallest absolute Gasteiger partial charge is 0.338 e. The summed E-state index contributed by atoms with van der Waals surface area (Å²) in [6, 6.07) is 14.9. The van der Waals surface area contributed by atoms with E-state index in [9.17, 15) is 9.59 Å². The quantitative estimate of drug-likeness (QED) is 0.286. The van der Waals surface area contributed by atoms with E-state index in [1.807, 2.05) is 64.1 Å². The number of hydrogen-bond acceptors (Lipinski definition) is 7. The maximum Gasteiger partial charge on any atom is 0.338 e. The first-order valence-corrected chi connectivity index (χ1v) is 17.2. The fourth-order valence-corrected chi connectivity index (χ4v) is 9.63. The molecule has 6 rings (SSSR count). The van der Waals surface area contributed by atoms with Gasteiger partial charge in [0.2, 0.25) is 0 Å². The number of benzene rings is 2. The van der Waals surface area contributed by atoms with Crippen LogP contribution in [-0.2, 0) is 23.7 Å². The predicted octanol–water partition coefficient (Wildman–Crippen LogP) is 8.00. The number of hydrogen-bond donors (Lipinski definition) is 0. The molecule has 0 N–H and O–H groups in total. The van der Waals surface area contributed by atoms with Crippen LogP contribution < -0.4 is 0 Å². The molecular formula is C39H52O7. The lowest BCUT2D eigenvalue weighted by Crippen LogP contribution is -2.69. The first-order valence-electron chi connectivity index (χ1n) is 17.2. The Labute approximate surface area is 274 Å². The summed E-state index contributed by atoms with van der Waals surface area (Å²) in [5.41, 5.74) is 1.44. The summed E-state index contributed by atoms with van der Waals surface area (Å²) >= 11 is 0. The highest BCUT2D eigenvalue weighted by molar-refractivity contribution is 5.91. The Morgan fingerprint density at radius 1 is 0.826 bits per heavy atom. The van der Waals surface area contributed by atoms with Gasteiger partial charge in [-0.1, -0.05) is 57.2 Å². The molecule has 0 unspecified atom stereocenters. The lowest BCUT2D eigenvalue weighted by molar-refractivity contribution is -0.359. The minimum Gasteiger partial charge on any atom is -0.462 e. The van der Waals surface area contributed by atoms with E-state index >= 15 is 0 Å². The molecule has 2 aliphatic heterocycles.